The summed E-state index contributed by atoms with van der Waals surface area (Å²) in [6.45, 7) is 2.44. The fourth-order valence-corrected chi connectivity index (χ4v) is 4.03. The van der Waals surface area contributed by atoms with E-state index in [1.54, 1.807) is 29.6 Å². The minimum Gasteiger partial charge on any atom is -0.357 e. The fraction of sp³-hybridized carbons (Fsp3) is 0.364. The third kappa shape index (κ3) is 3.67. The van der Waals surface area contributed by atoms with E-state index in [9.17, 15) is 14.4 Å². The lowest BCUT2D eigenvalue weighted by Crippen LogP contribution is -2.40. The molecule has 2 aliphatic heterocycles. The molecular weight excluding hydrogens is 396 g/mol. The summed E-state index contributed by atoms with van der Waals surface area (Å²) in [4.78, 5) is 54.0. The van der Waals surface area contributed by atoms with Gasteiger partial charge in [0.2, 0.25) is 5.91 Å². The first-order chi connectivity index (χ1) is 15.0. The van der Waals surface area contributed by atoms with E-state index in [4.69, 9.17) is 0 Å². The van der Waals surface area contributed by atoms with Crippen LogP contribution >= 0.6 is 0 Å². The minimum atomic E-state index is -0.283. The molecule has 0 saturated heterocycles. The van der Waals surface area contributed by atoms with E-state index in [2.05, 4.69) is 20.3 Å². The molecule has 0 unspecified atom stereocenters. The molecule has 2 aromatic heterocycles. The zero-order chi connectivity index (χ0) is 21.5. The molecule has 0 spiro atoms. The molecule has 0 aromatic carbocycles. The Hall–Kier alpha value is -3.62. The average molecular weight is 418 g/mol. The van der Waals surface area contributed by atoms with Gasteiger partial charge < -0.3 is 10.2 Å². The first-order valence-electron chi connectivity index (χ1n) is 10.4. The van der Waals surface area contributed by atoms with Crippen molar-refractivity contribution in [1.29, 1.82) is 0 Å². The number of imide groups is 1. The van der Waals surface area contributed by atoms with Crippen LogP contribution in [0, 0.1) is 6.92 Å². The van der Waals surface area contributed by atoms with E-state index in [0.717, 1.165) is 30.5 Å². The maximum atomic E-state index is 12.8. The second kappa shape index (κ2) is 7.57. The number of carbonyl (C=O) groups excluding carboxylic acids is 3. The topological polar surface area (TPSA) is 108 Å². The van der Waals surface area contributed by atoms with E-state index in [1.807, 2.05) is 13.0 Å². The minimum absolute atomic E-state index is 0.00320. The molecule has 0 bridgehead atoms. The number of hydrogen-bond acceptors (Lipinski definition) is 7. The number of anilines is 1. The van der Waals surface area contributed by atoms with E-state index in [0.29, 0.717) is 35.7 Å². The van der Waals surface area contributed by atoms with Gasteiger partial charge in [0.15, 0.2) is 0 Å². The number of hydrogen-bond donors (Lipinski definition) is 1. The van der Waals surface area contributed by atoms with Crippen LogP contribution in [0.2, 0.25) is 0 Å². The predicted molar refractivity (Wildman–Crippen MR) is 111 cm³/mol. The van der Waals surface area contributed by atoms with Crippen molar-refractivity contribution in [1.82, 2.24) is 24.8 Å². The van der Waals surface area contributed by atoms with Crippen molar-refractivity contribution in [3.8, 4) is 11.3 Å². The highest BCUT2D eigenvalue weighted by atomic mass is 16.2. The SMILES string of the molecule is Cc1cnc(-c2ccc(NC(=O)CN3CCCC4=C3C(=O)N(C3CC3)C4=O)nc2)cn1. The van der Waals surface area contributed by atoms with Crippen molar-refractivity contribution < 1.29 is 14.4 Å². The number of aryl methyl sites for hydroxylation is 1. The van der Waals surface area contributed by atoms with Crippen LogP contribution in [-0.4, -0.2) is 61.6 Å². The number of pyridine rings is 1. The molecule has 9 heteroatoms. The lowest BCUT2D eigenvalue weighted by molar-refractivity contribution is -0.138. The van der Waals surface area contributed by atoms with Crippen LogP contribution in [-0.2, 0) is 14.4 Å². The summed E-state index contributed by atoms with van der Waals surface area (Å²) >= 11 is 0. The standard InChI is InChI=1S/C22H22N6O3/c1-13-9-24-17(11-23-13)14-4-7-18(25-10-14)26-19(29)12-27-8-2-3-16-20(27)22(31)28(21(16)30)15-5-6-15/h4,7,9-11,15H,2-3,5-6,8,12H2,1H3,(H,25,26,29). The van der Waals surface area contributed by atoms with Crippen LogP contribution in [0.4, 0.5) is 5.82 Å². The Kier molecular flexibility index (Phi) is 4.72. The van der Waals surface area contributed by atoms with Crippen LogP contribution in [0.25, 0.3) is 11.3 Å². The van der Waals surface area contributed by atoms with Gasteiger partial charge in [-0.15, -0.1) is 0 Å². The molecule has 2 aromatic rings. The molecule has 31 heavy (non-hydrogen) atoms. The summed E-state index contributed by atoms with van der Waals surface area (Å²) in [7, 11) is 0. The molecular formula is C22H22N6O3. The Labute approximate surface area is 179 Å². The van der Waals surface area contributed by atoms with Crippen molar-refractivity contribution in [2.24, 2.45) is 0 Å². The zero-order valence-electron chi connectivity index (χ0n) is 17.2. The molecule has 3 amide bonds. The van der Waals surface area contributed by atoms with E-state index < -0.39 is 0 Å². The van der Waals surface area contributed by atoms with Crippen molar-refractivity contribution in [3.05, 3.63) is 47.7 Å². The molecule has 1 N–H and O–H groups in total. The monoisotopic (exact) mass is 418 g/mol. The van der Waals surface area contributed by atoms with Gasteiger partial charge in [0.1, 0.15) is 11.5 Å². The van der Waals surface area contributed by atoms with Crippen LogP contribution in [0.1, 0.15) is 31.4 Å². The normalized spacial score (nSPS) is 18.5. The number of carbonyl (C=O) groups is 3. The highest BCUT2D eigenvalue weighted by Crippen LogP contribution is 2.38. The van der Waals surface area contributed by atoms with Gasteiger partial charge in [-0.3, -0.25) is 29.3 Å². The number of rotatable bonds is 5. The maximum absolute atomic E-state index is 12.8. The van der Waals surface area contributed by atoms with E-state index in [1.165, 1.54) is 4.90 Å². The molecule has 1 aliphatic carbocycles. The molecule has 0 atom stereocenters. The largest absolute Gasteiger partial charge is 0.357 e. The Morgan fingerprint density at radius 2 is 1.94 bits per heavy atom. The zero-order valence-corrected chi connectivity index (χ0v) is 17.2. The van der Waals surface area contributed by atoms with Crippen LogP contribution in [0.15, 0.2) is 42.0 Å². The Morgan fingerprint density at radius 1 is 1.10 bits per heavy atom. The van der Waals surface area contributed by atoms with Gasteiger partial charge in [0.05, 0.1) is 24.1 Å². The van der Waals surface area contributed by atoms with Gasteiger partial charge in [0.25, 0.3) is 11.8 Å². The molecule has 158 valence electrons. The number of amides is 3. The summed E-state index contributed by atoms with van der Waals surface area (Å²) in [5, 5.41) is 2.77. The van der Waals surface area contributed by atoms with Crippen LogP contribution in [0.5, 0.6) is 0 Å². The van der Waals surface area contributed by atoms with Gasteiger partial charge in [-0.05, 0) is 44.7 Å². The summed E-state index contributed by atoms with van der Waals surface area (Å²) in [5.74, 6) is -0.302. The lowest BCUT2D eigenvalue weighted by Gasteiger charge is -2.28. The van der Waals surface area contributed by atoms with Crippen molar-refractivity contribution in [2.75, 3.05) is 18.4 Å². The molecule has 1 fully saturated rings. The Morgan fingerprint density at radius 3 is 2.61 bits per heavy atom. The molecule has 3 aliphatic rings. The third-order valence-electron chi connectivity index (χ3n) is 5.71. The molecule has 0 radical (unpaired) electrons. The number of aromatic nitrogens is 3. The highest BCUT2D eigenvalue weighted by molar-refractivity contribution is 6.19. The van der Waals surface area contributed by atoms with Crippen LogP contribution in [0.3, 0.4) is 0 Å². The smallest absolute Gasteiger partial charge is 0.277 e. The lowest BCUT2D eigenvalue weighted by atomic mass is 10.0. The highest BCUT2D eigenvalue weighted by Gasteiger charge is 2.48. The van der Waals surface area contributed by atoms with Crippen LogP contribution < -0.4 is 5.32 Å². The summed E-state index contributed by atoms with van der Waals surface area (Å²) in [6.07, 6.45) is 8.06. The Bertz CT molecular complexity index is 1090. The van der Waals surface area contributed by atoms with E-state index >= 15 is 0 Å². The van der Waals surface area contributed by atoms with Crippen molar-refractivity contribution in [2.45, 2.75) is 38.6 Å². The molecule has 4 heterocycles. The van der Waals surface area contributed by atoms with Gasteiger partial charge in [-0.1, -0.05) is 0 Å². The first kappa shape index (κ1) is 19.3. The van der Waals surface area contributed by atoms with Gasteiger partial charge in [-0.25, -0.2) is 4.98 Å². The summed E-state index contributed by atoms with van der Waals surface area (Å²) in [6, 6.07) is 3.55. The van der Waals surface area contributed by atoms with Crippen molar-refractivity contribution in [3.63, 3.8) is 0 Å². The van der Waals surface area contributed by atoms with Gasteiger partial charge >= 0.3 is 0 Å². The average Bonchev–Trinajstić information content (AvgIpc) is 3.56. The molecule has 1 saturated carbocycles. The van der Waals surface area contributed by atoms with E-state index in [-0.39, 0.29) is 30.3 Å². The Balaban J connectivity index is 1.26. The second-order valence-electron chi connectivity index (χ2n) is 8.09. The third-order valence-corrected chi connectivity index (χ3v) is 5.71. The number of nitrogens with zero attached hydrogens (tertiary/aromatic N) is 5. The maximum Gasteiger partial charge on any atom is 0.277 e. The molecule has 5 rings (SSSR count). The number of nitrogens with one attached hydrogen (secondary N) is 1. The summed E-state index contributed by atoms with van der Waals surface area (Å²) in [5.41, 5.74) is 3.29. The first-order valence-corrected chi connectivity index (χ1v) is 10.4. The van der Waals surface area contributed by atoms with Gasteiger partial charge in [0, 0.05) is 36.1 Å². The quantitative estimate of drug-likeness (QED) is 0.736. The fourth-order valence-electron chi connectivity index (χ4n) is 4.03. The predicted octanol–water partition coefficient (Wildman–Crippen LogP) is 1.67. The van der Waals surface area contributed by atoms with Crippen molar-refractivity contribution >= 4 is 23.5 Å². The summed E-state index contributed by atoms with van der Waals surface area (Å²) < 4.78 is 0. The second-order valence-corrected chi connectivity index (χ2v) is 8.09. The molecule has 9 nitrogen and oxygen atoms in total. The van der Waals surface area contributed by atoms with Gasteiger partial charge in [-0.2, -0.15) is 0 Å².